The molecule has 1 aromatic rings. The van der Waals surface area contributed by atoms with Crippen molar-refractivity contribution in [2.45, 2.75) is 84.5 Å². The van der Waals surface area contributed by atoms with Gasteiger partial charge in [0, 0.05) is 35.8 Å². The molecule has 0 radical (unpaired) electrons. The van der Waals surface area contributed by atoms with E-state index >= 15 is 8.78 Å². The number of phenolic OH excluding ortho intramolecular Hbond substituents is 1. The van der Waals surface area contributed by atoms with Gasteiger partial charge in [0.05, 0.1) is 19.1 Å². The van der Waals surface area contributed by atoms with Crippen LogP contribution in [0.5, 0.6) is 11.5 Å². The monoisotopic (exact) mass is 569 g/mol. The van der Waals surface area contributed by atoms with Crippen molar-refractivity contribution in [2.75, 3.05) is 13.2 Å². The van der Waals surface area contributed by atoms with E-state index in [2.05, 4.69) is 9.57 Å². The van der Waals surface area contributed by atoms with Crippen molar-refractivity contribution in [1.82, 2.24) is 0 Å². The topological polar surface area (TPSA) is 142 Å². The SMILES string of the molecule is CCCC(CCC)C(=O)Oc1cc(C(F)(F)C(=O)OCCCO[N+](=O)[O-])cc(O)c1[C@H]1CC(=O)[C@@H]2C[C@H]1C2(C)C. The minimum atomic E-state index is -4.24. The van der Waals surface area contributed by atoms with Crippen LogP contribution in [0.4, 0.5) is 8.78 Å². The highest BCUT2D eigenvalue weighted by Crippen LogP contribution is 2.64. The summed E-state index contributed by atoms with van der Waals surface area (Å²) >= 11 is 0. The van der Waals surface area contributed by atoms with Crippen LogP contribution < -0.4 is 4.74 Å². The first-order valence-corrected chi connectivity index (χ1v) is 13.7. The van der Waals surface area contributed by atoms with E-state index < -0.39 is 59.3 Å². The third kappa shape index (κ3) is 6.36. The Balaban J connectivity index is 1.96. The molecule has 1 N–H and O–H groups in total. The standard InChI is InChI=1S/C28H37F2NO9/c1-5-8-16(9-6-2)25(34)40-23-13-17(28(29,30)26(35)38-10-7-11-39-31(36)37)12-22(33)24(23)18-14-21(32)20-15-19(18)27(20,3)4/h12-13,16,18-20,33H,5-11,14-15H2,1-4H3/t18-,19+,20-/m0/s1. The molecule has 3 aliphatic carbocycles. The molecular weight excluding hydrogens is 532 g/mol. The number of rotatable bonds is 14. The number of hydrogen-bond donors (Lipinski definition) is 1. The molecule has 4 rings (SSSR count). The average Bonchev–Trinajstić information content (AvgIpc) is 2.87. The second kappa shape index (κ2) is 12.5. The Morgan fingerprint density at radius 3 is 2.40 bits per heavy atom. The molecule has 3 aliphatic rings. The van der Waals surface area contributed by atoms with Gasteiger partial charge in [0.15, 0.2) is 0 Å². The molecule has 0 aromatic heterocycles. The highest BCUT2D eigenvalue weighted by Gasteiger charge is 2.59. The third-order valence-corrected chi connectivity index (χ3v) is 8.29. The largest absolute Gasteiger partial charge is 0.508 e. The summed E-state index contributed by atoms with van der Waals surface area (Å²) in [5, 5.41) is 20.2. The van der Waals surface area contributed by atoms with Crippen molar-refractivity contribution in [3.8, 4) is 11.5 Å². The van der Waals surface area contributed by atoms with Gasteiger partial charge in [-0.05, 0) is 42.7 Å². The Hall–Kier alpha value is -3.31. The lowest BCUT2D eigenvalue weighted by molar-refractivity contribution is -0.757. The van der Waals surface area contributed by atoms with Crippen LogP contribution >= 0.6 is 0 Å². The van der Waals surface area contributed by atoms with Gasteiger partial charge in [0.1, 0.15) is 17.3 Å². The predicted octanol–water partition coefficient (Wildman–Crippen LogP) is 5.47. The molecule has 0 aliphatic heterocycles. The van der Waals surface area contributed by atoms with Crippen molar-refractivity contribution in [3.63, 3.8) is 0 Å². The molecule has 222 valence electrons. The van der Waals surface area contributed by atoms with E-state index in [1.54, 1.807) is 0 Å². The van der Waals surface area contributed by atoms with E-state index in [9.17, 15) is 29.6 Å². The van der Waals surface area contributed by atoms with Gasteiger partial charge in [-0.1, -0.05) is 40.5 Å². The first kappa shape index (κ1) is 31.2. The number of Topliss-reactive ketones (excluding diaryl/α,β-unsaturated/α-hetero) is 1. The Morgan fingerprint density at radius 1 is 1.20 bits per heavy atom. The minimum Gasteiger partial charge on any atom is -0.508 e. The number of carbonyl (C=O) groups excluding carboxylic acids is 3. The smallest absolute Gasteiger partial charge is 0.381 e. The molecule has 0 spiro atoms. The number of ether oxygens (including phenoxy) is 2. The number of carbonyl (C=O) groups is 3. The summed E-state index contributed by atoms with van der Waals surface area (Å²) in [6.07, 6.45) is 2.91. The zero-order valence-electron chi connectivity index (χ0n) is 23.2. The number of phenols is 1. The van der Waals surface area contributed by atoms with Crippen molar-refractivity contribution >= 4 is 17.7 Å². The van der Waals surface area contributed by atoms with Crippen LogP contribution in [-0.2, 0) is 29.9 Å². The highest BCUT2D eigenvalue weighted by molar-refractivity contribution is 5.86. The zero-order chi connectivity index (χ0) is 29.8. The molecule has 3 saturated carbocycles. The molecule has 12 heteroatoms. The van der Waals surface area contributed by atoms with Crippen LogP contribution in [0.25, 0.3) is 0 Å². The molecule has 3 atom stereocenters. The molecule has 10 nitrogen and oxygen atoms in total. The Morgan fingerprint density at radius 2 is 1.85 bits per heavy atom. The van der Waals surface area contributed by atoms with Crippen LogP contribution in [-0.4, -0.2) is 41.1 Å². The molecule has 40 heavy (non-hydrogen) atoms. The van der Waals surface area contributed by atoms with Gasteiger partial charge in [-0.15, -0.1) is 10.1 Å². The molecule has 1 aromatic carbocycles. The quantitative estimate of drug-likeness (QED) is 0.101. The maximum atomic E-state index is 15.2. The second-order valence-electron chi connectivity index (χ2n) is 11.2. The Kier molecular flexibility index (Phi) is 9.73. The Bertz CT molecular complexity index is 1130. The summed E-state index contributed by atoms with van der Waals surface area (Å²) in [5.41, 5.74) is -1.21. The van der Waals surface area contributed by atoms with E-state index in [4.69, 9.17) is 4.74 Å². The highest BCUT2D eigenvalue weighted by atomic mass is 19.3. The van der Waals surface area contributed by atoms with Crippen LogP contribution in [0.2, 0.25) is 0 Å². The molecule has 0 unspecified atom stereocenters. The first-order chi connectivity index (χ1) is 18.7. The summed E-state index contributed by atoms with van der Waals surface area (Å²) in [6.45, 7) is 6.71. The number of esters is 2. The molecule has 3 fully saturated rings. The number of halogens is 2. The summed E-state index contributed by atoms with van der Waals surface area (Å²) in [6, 6.07) is 1.60. The number of nitrogens with zero attached hydrogens (tertiary/aromatic N) is 1. The van der Waals surface area contributed by atoms with Crippen LogP contribution in [0.1, 0.15) is 89.7 Å². The van der Waals surface area contributed by atoms with Crippen LogP contribution in [0.15, 0.2) is 12.1 Å². The van der Waals surface area contributed by atoms with E-state index in [1.165, 1.54) is 0 Å². The van der Waals surface area contributed by atoms with Crippen molar-refractivity contribution in [2.24, 2.45) is 23.2 Å². The number of fused-ring (bicyclic) bond motifs is 2. The molecule has 2 bridgehead atoms. The maximum Gasteiger partial charge on any atom is 0.381 e. The molecule has 0 saturated heterocycles. The second-order valence-corrected chi connectivity index (χ2v) is 11.2. The van der Waals surface area contributed by atoms with Crippen LogP contribution in [0.3, 0.4) is 0 Å². The normalized spacial score (nSPS) is 21.5. The van der Waals surface area contributed by atoms with Crippen molar-refractivity contribution < 1.29 is 47.7 Å². The van der Waals surface area contributed by atoms with Gasteiger partial charge in [0.25, 0.3) is 5.09 Å². The number of benzene rings is 1. The lowest BCUT2D eigenvalue weighted by Crippen LogP contribution is -2.56. The van der Waals surface area contributed by atoms with Crippen molar-refractivity contribution in [1.29, 1.82) is 0 Å². The van der Waals surface area contributed by atoms with Crippen molar-refractivity contribution in [3.05, 3.63) is 33.4 Å². The third-order valence-electron chi connectivity index (χ3n) is 8.29. The average molecular weight is 570 g/mol. The summed E-state index contributed by atoms with van der Waals surface area (Å²) in [7, 11) is 0. The van der Waals surface area contributed by atoms with E-state index in [0.717, 1.165) is 12.1 Å². The predicted molar refractivity (Wildman–Crippen MR) is 137 cm³/mol. The van der Waals surface area contributed by atoms with E-state index in [0.29, 0.717) is 32.1 Å². The van der Waals surface area contributed by atoms with Gasteiger partial charge < -0.3 is 19.4 Å². The summed E-state index contributed by atoms with van der Waals surface area (Å²) in [5.74, 6) is -8.92. The lowest BCUT2D eigenvalue weighted by atomic mass is 9.44. The Labute approximate surface area is 231 Å². The lowest BCUT2D eigenvalue weighted by Gasteiger charge is -2.59. The number of ketones is 1. The fourth-order valence-electron chi connectivity index (χ4n) is 6.08. The number of hydrogen-bond acceptors (Lipinski definition) is 9. The van der Waals surface area contributed by atoms with E-state index in [1.807, 2.05) is 27.7 Å². The summed E-state index contributed by atoms with van der Waals surface area (Å²) < 4.78 is 40.7. The van der Waals surface area contributed by atoms with Gasteiger partial charge in [0.2, 0.25) is 0 Å². The van der Waals surface area contributed by atoms with Gasteiger partial charge in [-0.3, -0.25) is 9.59 Å². The molecule has 0 heterocycles. The number of aromatic hydroxyl groups is 1. The van der Waals surface area contributed by atoms with Gasteiger partial charge in [-0.2, -0.15) is 8.78 Å². The maximum absolute atomic E-state index is 15.2. The van der Waals surface area contributed by atoms with E-state index in [-0.39, 0.29) is 47.2 Å². The summed E-state index contributed by atoms with van der Waals surface area (Å²) in [4.78, 5) is 52.5. The first-order valence-electron chi connectivity index (χ1n) is 13.7. The molecular formula is C28H37F2NO9. The fourth-order valence-corrected chi connectivity index (χ4v) is 6.08. The van der Waals surface area contributed by atoms with Gasteiger partial charge in [-0.25, -0.2) is 4.79 Å². The van der Waals surface area contributed by atoms with Gasteiger partial charge >= 0.3 is 17.9 Å². The van der Waals surface area contributed by atoms with Crippen LogP contribution in [0, 0.1) is 33.3 Å². The minimum absolute atomic E-state index is 0.00284. The number of alkyl halides is 2. The zero-order valence-corrected chi connectivity index (χ0v) is 23.2. The molecule has 0 amide bonds. The fraction of sp³-hybridized carbons (Fsp3) is 0.679.